The summed E-state index contributed by atoms with van der Waals surface area (Å²) in [5.41, 5.74) is 0. The summed E-state index contributed by atoms with van der Waals surface area (Å²) in [5.74, 6) is -0.604. The highest BCUT2D eigenvalue weighted by Gasteiger charge is 1.96. The van der Waals surface area contributed by atoms with Crippen molar-refractivity contribution in [1.82, 2.24) is 0 Å². The second-order valence-electron chi connectivity index (χ2n) is 1.67. The van der Waals surface area contributed by atoms with Crippen molar-refractivity contribution in [3.8, 4) is 17.2 Å². The van der Waals surface area contributed by atoms with Crippen molar-refractivity contribution in [2.45, 2.75) is 0 Å². The van der Waals surface area contributed by atoms with Gasteiger partial charge in [0.1, 0.15) is 5.75 Å². The molecule has 0 spiro atoms. The molecule has 0 aromatic heterocycles. The van der Waals surface area contributed by atoms with Gasteiger partial charge in [-0.25, -0.2) is 0 Å². The monoisotopic (exact) mass is 160 g/mol. The predicted octanol–water partition coefficient (Wildman–Crippen LogP) is 0.861. The van der Waals surface area contributed by atoms with E-state index in [1.54, 1.807) is 0 Å². The minimum atomic E-state index is -0.310. The van der Waals surface area contributed by atoms with E-state index in [0.717, 1.165) is 6.07 Å². The average Bonchev–Trinajstić information content (AvgIpc) is 1.80. The standard InChI is InChI=1S/C6H6O3.H3P/c7-4-1-2-5(8)6(9)3-4;/h1-3,7-9H;1H3. The zero-order valence-corrected chi connectivity index (χ0v) is 6.70. The molecule has 10 heavy (non-hydrogen) atoms. The SMILES string of the molecule is Oc1ccc(O)c(O)c1.P. The molecule has 0 heterocycles. The van der Waals surface area contributed by atoms with E-state index in [1.165, 1.54) is 12.1 Å². The molecule has 0 saturated heterocycles. The van der Waals surface area contributed by atoms with Crippen LogP contribution in [-0.2, 0) is 0 Å². The fourth-order valence-electron chi connectivity index (χ4n) is 0.512. The van der Waals surface area contributed by atoms with Gasteiger partial charge in [0, 0.05) is 6.07 Å². The summed E-state index contributed by atoms with van der Waals surface area (Å²) in [6.45, 7) is 0. The van der Waals surface area contributed by atoms with Gasteiger partial charge in [-0.1, -0.05) is 0 Å². The Kier molecular flexibility index (Phi) is 2.97. The number of rotatable bonds is 0. The molecule has 3 nitrogen and oxygen atoms in total. The minimum absolute atomic E-state index is 0. The van der Waals surface area contributed by atoms with E-state index in [1.807, 2.05) is 0 Å². The largest absolute Gasteiger partial charge is 0.508 e. The Morgan fingerprint density at radius 2 is 1.50 bits per heavy atom. The van der Waals surface area contributed by atoms with Crippen LogP contribution < -0.4 is 0 Å². The number of hydrogen-bond donors (Lipinski definition) is 3. The third-order valence-corrected chi connectivity index (χ3v) is 0.959. The van der Waals surface area contributed by atoms with Gasteiger partial charge in [0.25, 0.3) is 0 Å². The van der Waals surface area contributed by atoms with E-state index in [-0.39, 0.29) is 27.1 Å². The molecule has 4 heteroatoms. The average molecular weight is 160 g/mol. The predicted molar refractivity (Wildman–Crippen MR) is 42.5 cm³/mol. The Hall–Kier alpha value is -0.950. The summed E-state index contributed by atoms with van der Waals surface area (Å²) in [6, 6.07) is 3.56. The van der Waals surface area contributed by atoms with E-state index in [0.29, 0.717) is 0 Å². The first kappa shape index (κ1) is 9.05. The van der Waals surface area contributed by atoms with E-state index < -0.39 is 0 Å². The van der Waals surface area contributed by atoms with Gasteiger partial charge < -0.3 is 15.3 Å². The van der Waals surface area contributed by atoms with Gasteiger partial charge in [-0.2, -0.15) is 9.90 Å². The normalized spacial score (nSPS) is 8.40. The number of aromatic hydroxyl groups is 3. The van der Waals surface area contributed by atoms with Crippen molar-refractivity contribution in [2.24, 2.45) is 0 Å². The van der Waals surface area contributed by atoms with Crippen molar-refractivity contribution in [3.05, 3.63) is 18.2 Å². The number of hydrogen-bond acceptors (Lipinski definition) is 3. The molecule has 1 atom stereocenters. The van der Waals surface area contributed by atoms with Crippen molar-refractivity contribution in [1.29, 1.82) is 0 Å². The third-order valence-electron chi connectivity index (χ3n) is 0.959. The van der Waals surface area contributed by atoms with E-state index >= 15 is 0 Å². The molecule has 0 bridgehead atoms. The van der Waals surface area contributed by atoms with Crippen LogP contribution in [0.3, 0.4) is 0 Å². The maximum absolute atomic E-state index is 8.69. The van der Waals surface area contributed by atoms with Crippen LogP contribution in [-0.4, -0.2) is 15.3 Å². The van der Waals surface area contributed by atoms with Crippen LogP contribution in [0.4, 0.5) is 0 Å². The van der Waals surface area contributed by atoms with E-state index in [4.69, 9.17) is 15.3 Å². The fourth-order valence-corrected chi connectivity index (χ4v) is 0.512. The summed E-state index contributed by atoms with van der Waals surface area (Å²) < 4.78 is 0. The lowest BCUT2D eigenvalue weighted by molar-refractivity contribution is 0.396. The summed E-state index contributed by atoms with van der Waals surface area (Å²) in [6.07, 6.45) is 0. The van der Waals surface area contributed by atoms with Crippen LogP contribution in [0, 0.1) is 0 Å². The van der Waals surface area contributed by atoms with Gasteiger partial charge in [-0.15, -0.1) is 0 Å². The zero-order chi connectivity index (χ0) is 6.85. The van der Waals surface area contributed by atoms with Gasteiger partial charge >= 0.3 is 0 Å². The highest BCUT2D eigenvalue weighted by molar-refractivity contribution is 6.92. The molecular weight excluding hydrogens is 151 g/mol. The van der Waals surface area contributed by atoms with E-state index in [9.17, 15) is 0 Å². The minimum Gasteiger partial charge on any atom is -0.508 e. The van der Waals surface area contributed by atoms with Crippen LogP contribution in [0.1, 0.15) is 0 Å². The Labute approximate surface area is 61.6 Å². The highest BCUT2D eigenvalue weighted by Crippen LogP contribution is 2.27. The van der Waals surface area contributed by atoms with Gasteiger partial charge in [0.05, 0.1) is 0 Å². The maximum Gasteiger partial charge on any atom is 0.161 e. The van der Waals surface area contributed by atoms with Gasteiger partial charge in [0.15, 0.2) is 11.5 Å². The molecule has 3 N–H and O–H groups in total. The van der Waals surface area contributed by atoms with Gasteiger partial charge in [-0.05, 0) is 12.1 Å². The molecule has 1 aromatic rings. The first-order valence-electron chi connectivity index (χ1n) is 2.41. The number of phenolic OH excluding ortho intramolecular Hbond substituents is 3. The molecule has 0 fully saturated rings. The second kappa shape index (κ2) is 3.28. The summed E-state index contributed by atoms with van der Waals surface area (Å²) in [4.78, 5) is 0. The summed E-state index contributed by atoms with van der Waals surface area (Å²) in [5, 5.41) is 26.0. The Bertz CT molecular complexity index is 224. The van der Waals surface area contributed by atoms with E-state index in [2.05, 4.69) is 0 Å². The van der Waals surface area contributed by atoms with Crippen LogP contribution in [0.2, 0.25) is 0 Å². The highest BCUT2D eigenvalue weighted by atomic mass is 31.0. The second-order valence-corrected chi connectivity index (χ2v) is 1.67. The van der Waals surface area contributed by atoms with Crippen molar-refractivity contribution in [3.63, 3.8) is 0 Å². The molecule has 0 amide bonds. The maximum atomic E-state index is 8.69. The quantitative estimate of drug-likeness (QED) is 0.299. The van der Waals surface area contributed by atoms with Crippen molar-refractivity contribution in [2.75, 3.05) is 0 Å². The van der Waals surface area contributed by atoms with Crippen molar-refractivity contribution >= 4 is 9.90 Å². The lowest BCUT2D eigenvalue weighted by Gasteiger charge is -1.95. The number of benzene rings is 1. The molecule has 0 aliphatic heterocycles. The van der Waals surface area contributed by atoms with Crippen LogP contribution in [0.25, 0.3) is 0 Å². The molecule has 1 aromatic carbocycles. The summed E-state index contributed by atoms with van der Waals surface area (Å²) in [7, 11) is 0. The molecule has 1 rings (SSSR count). The summed E-state index contributed by atoms with van der Waals surface area (Å²) >= 11 is 0. The zero-order valence-electron chi connectivity index (χ0n) is 5.28. The van der Waals surface area contributed by atoms with Crippen molar-refractivity contribution < 1.29 is 15.3 Å². The Balaban J connectivity index is 0.000000810. The first-order chi connectivity index (χ1) is 4.20. The molecule has 0 aliphatic carbocycles. The fraction of sp³-hybridized carbons (Fsp3) is 0. The van der Waals surface area contributed by atoms with Gasteiger partial charge in [-0.3, -0.25) is 0 Å². The molecule has 56 valence electrons. The van der Waals surface area contributed by atoms with Gasteiger partial charge in [0.2, 0.25) is 0 Å². The molecule has 0 aliphatic rings. The number of phenols is 3. The molecule has 0 saturated carbocycles. The van der Waals surface area contributed by atoms with Crippen LogP contribution in [0.15, 0.2) is 18.2 Å². The lowest BCUT2D eigenvalue weighted by atomic mass is 10.3. The smallest absolute Gasteiger partial charge is 0.161 e. The third kappa shape index (κ3) is 1.78. The topological polar surface area (TPSA) is 60.7 Å². The van der Waals surface area contributed by atoms with Crippen LogP contribution in [0.5, 0.6) is 17.2 Å². The Morgan fingerprint density at radius 1 is 0.900 bits per heavy atom. The molecule has 1 unspecified atom stereocenters. The first-order valence-corrected chi connectivity index (χ1v) is 2.41. The lowest BCUT2D eigenvalue weighted by Crippen LogP contribution is -1.66. The molecule has 0 radical (unpaired) electrons. The Morgan fingerprint density at radius 3 is 1.90 bits per heavy atom. The molecular formula is C6H9O3P. The van der Waals surface area contributed by atoms with Crippen LogP contribution >= 0.6 is 9.90 Å².